The average molecular weight is 245 g/mol. The van der Waals surface area contributed by atoms with Gasteiger partial charge in [-0.2, -0.15) is 0 Å². The van der Waals surface area contributed by atoms with Gasteiger partial charge in [-0.05, 0) is 11.6 Å². The van der Waals surface area contributed by atoms with Gasteiger partial charge in [0.1, 0.15) is 6.10 Å². The van der Waals surface area contributed by atoms with Crippen molar-refractivity contribution in [2.75, 3.05) is 0 Å². The summed E-state index contributed by atoms with van der Waals surface area (Å²) < 4.78 is 2.03. The van der Waals surface area contributed by atoms with Gasteiger partial charge in [-0.3, -0.25) is 4.79 Å². The molecular formula is C15H19NO2. The zero-order valence-electron chi connectivity index (χ0n) is 11.1. The number of nitrogens with zero attached hydrogens (tertiary/aromatic N) is 1. The Morgan fingerprint density at radius 2 is 2.00 bits per heavy atom. The summed E-state index contributed by atoms with van der Waals surface area (Å²) in [6.45, 7) is 3.63. The van der Waals surface area contributed by atoms with E-state index in [1.165, 1.54) is 0 Å². The molecule has 0 saturated heterocycles. The molecule has 0 radical (unpaired) electrons. The van der Waals surface area contributed by atoms with Gasteiger partial charge >= 0.3 is 0 Å². The van der Waals surface area contributed by atoms with Crippen LogP contribution in [0.5, 0.6) is 0 Å². The van der Waals surface area contributed by atoms with Crippen LogP contribution < -0.4 is 0 Å². The lowest BCUT2D eigenvalue weighted by molar-refractivity contribution is -0.130. The number of carbonyl (C=O) groups excluding carboxylic acids is 1. The number of ketones is 1. The van der Waals surface area contributed by atoms with Crippen molar-refractivity contribution in [3.8, 4) is 0 Å². The van der Waals surface area contributed by atoms with Crippen molar-refractivity contribution in [2.45, 2.75) is 26.4 Å². The van der Waals surface area contributed by atoms with Crippen LogP contribution in [-0.2, 0) is 18.3 Å². The maximum atomic E-state index is 11.7. The van der Waals surface area contributed by atoms with Gasteiger partial charge in [0, 0.05) is 36.5 Å². The topological polar surface area (TPSA) is 42.2 Å². The minimum absolute atomic E-state index is 0.0945. The number of hydrogen-bond acceptors (Lipinski definition) is 2. The first kappa shape index (κ1) is 12.8. The van der Waals surface area contributed by atoms with E-state index in [1.54, 1.807) is 0 Å². The molecule has 1 N–H and O–H groups in total. The van der Waals surface area contributed by atoms with Gasteiger partial charge in [-0.15, -0.1) is 0 Å². The number of Topliss-reactive ketones (excluding diaryl/α,β-unsaturated/α-hetero) is 1. The van der Waals surface area contributed by atoms with Gasteiger partial charge in [-0.1, -0.05) is 32.0 Å². The van der Waals surface area contributed by atoms with Crippen LogP contribution in [0.1, 0.15) is 19.4 Å². The van der Waals surface area contributed by atoms with Crippen molar-refractivity contribution in [2.24, 2.45) is 13.0 Å². The fourth-order valence-corrected chi connectivity index (χ4v) is 2.28. The highest BCUT2D eigenvalue weighted by Gasteiger charge is 2.20. The Kier molecular flexibility index (Phi) is 3.53. The predicted octanol–water partition coefficient (Wildman–Crippen LogP) is 2.31. The van der Waals surface area contributed by atoms with Crippen molar-refractivity contribution < 1.29 is 9.90 Å². The smallest absolute Gasteiger partial charge is 0.164 e. The molecule has 0 fully saturated rings. The lowest BCUT2D eigenvalue weighted by Crippen LogP contribution is -2.26. The van der Waals surface area contributed by atoms with E-state index in [-0.39, 0.29) is 11.7 Å². The molecule has 0 saturated carbocycles. The molecule has 0 spiro atoms. The van der Waals surface area contributed by atoms with Gasteiger partial charge in [0.15, 0.2) is 5.78 Å². The molecule has 96 valence electrons. The number of aryl methyl sites for hydroxylation is 1. The molecular weight excluding hydrogens is 226 g/mol. The molecule has 0 amide bonds. The van der Waals surface area contributed by atoms with Crippen molar-refractivity contribution >= 4 is 16.7 Å². The van der Waals surface area contributed by atoms with Crippen LogP contribution in [0, 0.1) is 5.92 Å². The SMILES string of the molecule is CC(C)C(=O)[C@@H](O)Cc1cn(C)c2ccccc12. The lowest BCUT2D eigenvalue weighted by atomic mass is 9.98. The monoisotopic (exact) mass is 245 g/mol. The molecule has 1 heterocycles. The zero-order chi connectivity index (χ0) is 13.3. The number of hydrogen-bond donors (Lipinski definition) is 1. The summed E-state index contributed by atoms with van der Waals surface area (Å²) in [4.78, 5) is 11.7. The van der Waals surface area contributed by atoms with E-state index < -0.39 is 6.10 Å². The first-order valence-electron chi connectivity index (χ1n) is 6.25. The number of benzene rings is 1. The van der Waals surface area contributed by atoms with E-state index in [4.69, 9.17) is 0 Å². The van der Waals surface area contributed by atoms with Gasteiger partial charge in [0.25, 0.3) is 0 Å². The molecule has 0 unspecified atom stereocenters. The van der Waals surface area contributed by atoms with Gasteiger partial charge in [-0.25, -0.2) is 0 Å². The minimum atomic E-state index is -0.907. The zero-order valence-corrected chi connectivity index (χ0v) is 11.1. The fourth-order valence-electron chi connectivity index (χ4n) is 2.28. The highest BCUT2D eigenvalue weighted by Crippen LogP contribution is 2.22. The van der Waals surface area contributed by atoms with E-state index in [2.05, 4.69) is 0 Å². The number of para-hydroxylation sites is 1. The standard InChI is InChI=1S/C15H19NO2/c1-10(2)15(18)14(17)8-11-9-16(3)13-7-5-4-6-12(11)13/h4-7,9-10,14,17H,8H2,1-3H3/t14-/m0/s1. The first-order chi connectivity index (χ1) is 8.50. The molecule has 1 aromatic heterocycles. The summed E-state index contributed by atoms with van der Waals surface area (Å²) in [5.41, 5.74) is 2.14. The molecule has 3 heteroatoms. The van der Waals surface area contributed by atoms with Crippen LogP contribution >= 0.6 is 0 Å². The van der Waals surface area contributed by atoms with Crippen LogP contribution in [0.15, 0.2) is 30.5 Å². The quantitative estimate of drug-likeness (QED) is 0.898. The molecule has 0 aliphatic heterocycles. The Bertz CT molecular complexity index is 569. The Labute approximate surface area is 107 Å². The predicted molar refractivity (Wildman–Crippen MR) is 72.5 cm³/mol. The first-order valence-corrected chi connectivity index (χ1v) is 6.25. The van der Waals surface area contributed by atoms with E-state index in [0.717, 1.165) is 16.5 Å². The summed E-state index contributed by atoms with van der Waals surface area (Å²) in [5.74, 6) is -0.224. The van der Waals surface area contributed by atoms with E-state index in [0.29, 0.717) is 6.42 Å². The van der Waals surface area contributed by atoms with Gasteiger partial charge in [0.2, 0.25) is 0 Å². The minimum Gasteiger partial charge on any atom is -0.385 e. The van der Waals surface area contributed by atoms with Crippen molar-refractivity contribution in [1.82, 2.24) is 4.57 Å². The summed E-state index contributed by atoms with van der Waals surface area (Å²) in [7, 11) is 1.97. The summed E-state index contributed by atoms with van der Waals surface area (Å²) in [6, 6.07) is 8.02. The van der Waals surface area contributed by atoms with Crippen LogP contribution in [0.2, 0.25) is 0 Å². The maximum absolute atomic E-state index is 11.7. The average Bonchev–Trinajstić information content (AvgIpc) is 2.66. The van der Waals surface area contributed by atoms with Crippen molar-refractivity contribution in [1.29, 1.82) is 0 Å². The second kappa shape index (κ2) is 4.94. The highest BCUT2D eigenvalue weighted by molar-refractivity contribution is 5.87. The van der Waals surface area contributed by atoms with Crippen LogP contribution in [-0.4, -0.2) is 21.6 Å². The Hall–Kier alpha value is -1.61. The molecule has 1 aromatic carbocycles. The van der Waals surface area contributed by atoms with Crippen LogP contribution in [0.25, 0.3) is 10.9 Å². The molecule has 2 aromatic rings. The Morgan fingerprint density at radius 3 is 2.67 bits per heavy atom. The summed E-state index contributed by atoms with van der Waals surface area (Å²) in [6.07, 6.45) is 1.47. The number of aliphatic hydroxyl groups is 1. The largest absolute Gasteiger partial charge is 0.385 e. The third-order valence-electron chi connectivity index (χ3n) is 3.29. The number of rotatable bonds is 4. The molecule has 1 atom stereocenters. The van der Waals surface area contributed by atoms with Crippen LogP contribution in [0.4, 0.5) is 0 Å². The van der Waals surface area contributed by atoms with Crippen LogP contribution in [0.3, 0.4) is 0 Å². The molecule has 2 rings (SSSR count). The fraction of sp³-hybridized carbons (Fsp3) is 0.400. The summed E-state index contributed by atoms with van der Waals surface area (Å²) in [5, 5.41) is 11.1. The molecule has 0 aliphatic rings. The third kappa shape index (κ3) is 2.31. The number of fused-ring (bicyclic) bond motifs is 1. The van der Waals surface area contributed by atoms with Crippen molar-refractivity contribution in [3.05, 3.63) is 36.0 Å². The van der Waals surface area contributed by atoms with E-state index >= 15 is 0 Å². The molecule has 18 heavy (non-hydrogen) atoms. The number of aromatic nitrogens is 1. The van der Waals surface area contributed by atoms with Gasteiger partial charge in [0.05, 0.1) is 0 Å². The number of carbonyl (C=O) groups is 1. The third-order valence-corrected chi connectivity index (χ3v) is 3.29. The summed E-state index contributed by atoms with van der Waals surface area (Å²) >= 11 is 0. The Balaban J connectivity index is 2.30. The maximum Gasteiger partial charge on any atom is 0.164 e. The molecule has 0 bridgehead atoms. The van der Waals surface area contributed by atoms with Gasteiger partial charge < -0.3 is 9.67 Å². The van der Waals surface area contributed by atoms with Crippen molar-refractivity contribution in [3.63, 3.8) is 0 Å². The number of aliphatic hydroxyl groups excluding tert-OH is 1. The highest BCUT2D eigenvalue weighted by atomic mass is 16.3. The second-order valence-corrected chi connectivity index (χ2v) is 5.06. The van der Waals surface area contributed by atoms with E-state index in [1.807, 2.05) is 55.9 Å². The normalized spacial score (nSPS) is 13.2. The van der Waals surface area contributed by atoms with E-state index in [9.17, 15) is 9.90 Å². The molecule has 0 aliphatic carbocycles. The lowest BCUT2D eigenvalue weighted by Gasteiger charge is -2.11. The Morgan fingerprint density at radius 1 is 1.33 bits per heavy atom. The molecule has 3 nitrogen and oxygen atoms in total. The second-order valence-electron chi connectivity index (χ2n) is 5.06.